The maximum absolute atomic E-state index is 11.5. The predicted octanol–water partition coefficient (Wildman–Crippen LogP) is 13.1. The van der Waals surface area contributed by atoms with Crippen LogP contribution >= 0.6 is 0 Å². The largest absolute Gasteiger partial charge is 0.481 e. The SMILES string of the molecule is CCCCCCCCCCCC[N+](CC)(CC[N+](CC)(C(C)(C)CC(C)OC(C)(C)N)C(C)(C)CC(C)OC(C)(N)C(C)(C)CCOC(C)(C)CC(=O)O)C(C)(C)CC(C)OC(C)(N)C(C)(C)CCOC. The fraction of sp³-hybridized carbons (Fsp3) is 0.983. The summed E-state index contributed by atoms with van der Waals surface area (Å²) >= 11 is 0. The maximum Gasteiger partial charge on any atom is 0.306 e. The zero-order valence-electron chi connectivity index (χ0n) is 51.5. The van der Waals surface area contributed by atoms with Crippen LogP contribution in [-0.4, -0.2) is 131 Å². The van der Waals surface area contributed by atoms with Gasteiger partial charge in [0.05, 0.1) is 66.6 Å². The second-order valence-corrected chi connectivity index (χ2v) is 27.2. The molecule has 0 aromatic rings. The van der Waals surface area contributed by atoms with Gasteiger partial charge in [0.2, 0.25) is 0 Å². The van der Waals surface area contributed by atoms with Crippen molar-refractivity contribution in [2.24, 2.45) is 28.0 Å². The van der Waals surface area contributed by atoms with E-state index >= 15 is 0 Å². The molecule has 0 aromatic carbocycles. The molecule has 0 heterocycles. The summed E-state index contributed by atoms with van der Waals surface area (Å²) in [4.78, 5) is 11.5. The van der Waals surface area contributed by atoms with Crippen molar-refractivity contribution in [1.29, 1.82) is 0 Å². The minimum absolute atomic E-state index is 0.0647. The van der Waals surface area contributed by atoms with Crippen molar-refractivity contribution >= 4 is 5.97 Å². The molecule has 12 nitrogen and oxygen atoms in total. The summed E-state index contributed by atoms with van der Waals surface area (Å²) in [6, 6.07) is 0. The average Bonchev–Trinajstić information content (AvgIpc) is 3.17. The molecular weight excluding hydrogens is 891 g/mol. The molecule has 0 aliphatic carbocycles. The molecule has 0 saturated carbocycles. The molecule has 0 saturated heterocycles. The number of nitrogens with two attached hydrogens (primary N) is 3. The summed E-state index contributed by atoms with van der Waals surface area (Å²) in [6.07, 6.45) is 16.6. The number of hydrogen-bond acceptors (Lipinski definition) is 9. The number of hydrogen-bond donors (Lipinski definition) is 4. The lowest BCUT2D eigenvalue weighted by Crippen LogP contribution is -2.75. The molecule has 0 amide bonds. The van der Waals surface area contributed by atoms with Gasteiger partial charge >= 0.3 is 5.97 Å². The van der Waals surface area contributed by atoms with Crippen LogP contribution in [0.1, 0.15) is 255 Å². The molecule has 426 valence electrons. The fourth-order valence-corrected chi connectivity index (χ4v) is 12.5. The highest BCUT2D eigenvalue weighted by atomic mass is 16.5. The number of ether oxygens (including phenoxy) is 5. The van der Waals surface area contributed by atoms with Crippen molar-refractivity contribution in [2.45, 2.75) is 313 Å². The van der Waals surface area contributed by atoms with E-state index in [0.29, 0.717) is 19.6 Å². The third kappa shape index (κ3) is 22.3. The van der Waals surface area contributed by atoms with Gasteiger partial charge in [-0.25, -0.2) is 0 Å². The molecule has 12 heteroatoms. The van der Waals surface area contributed by atoms with Crippen molar-refractivity contribution in [2.75, 3.05) is 53.0 Å². The predicted molar refractivity (Wildman–Crippen MR) is 300 cm³/mol. The van der Waals surface area contributed by atoms with Crippen LogP contribution in [0, 0.1) is 10.8 Å². The first kappa shape index (κ1) is 70.1. The zero-order chi connectivity index (χ0) is 55.6. The van der Waals surface area contributed by atoms with Crippen molar-refractivity contribution in [3.8, 4) is 0 Å². The lowest BCUT2D eigenvalue weighted by Gasteiger charge is -2.61. The third-order valence-electron chi connectivity index (χ3n) is 17.8. The fourth-order valence-electron chi connectivity index (χ4n) is 12.5. The maximum atomic E-state index is 11.5. The van der Waals surface area contributed by atoms with E-state index in [1.54, 1.807) is 7.11 Å². The number of nitrogens with zero attached hydrogens (tertiary/aromatic N) is 2. The van der Waals surface area contributed by atoms with Crippen LogP contribution in [0.2, 0.25) is 0 Å². The van der Waals surface area contributed by atoms with Crippen LogP contribution in [0.15, 0.2) is 0 Å². The number of rotatable bonds is 42. The Morgan fingerprint density at radius 3 is 1.30 bits per heavy atom. The van der Waals surface area contributed by atoms with E-state index in [9.17, 15) is 9.90 Å². The number of carboxylic acids is 1. The van der Waals surface area contributed by atoms with Crippen molar-refractivity contribution in [3.63, 3.8) is 0 Å². The number of quaternary nitrogens is 2. The quantitative estimate of drug-likeness (QED) is 0.0263. The summed E-state index contributed by atoms with van der Waals surface area (Å²) in [6.45, 7) is 54.6. The van der Waals surface area contributed by atoms with Crippen LogP contribution in [-0.2, 0) is 28.5 Å². The standard InChI is InChI=1S/C59H124N5O7/c1-24-27-28-29-30-31-32-33-34-35-38-63(25-2,53(11,12)43-48(5)70-58(21,61)51(7,8)36-41-67-23)39-40-64(26-3,54(13,14)44-47(4)69-57(19,20)60)55(15,16)45-49(6)71-59(22,62)52(9,10)37-42-68-56(17,18)46-50(65)66/h47-49H,24-46,60-62H2,1-23H3/q+1/p+1. The number of methoxy groups -OCH3 is 1. The van der Waals surface area contributed by atoms with E-state index in [2.05, 4.69) is 111 Å². The van der Waals surface area contributed by atoms with E-state index in [-0.39, 0.29) is 46.8 Å². The molecule has 0 radical (unpaired) electrons. The summed E-state index contributed by atoms with van der Waals surface area (Å²) in [7, 11) is 1.75. The second-order valence-electron chi connectivity index (χ2n) is 27.2. The number of carboxylic acid groups (broad SMARTS) is 1. The normalized spacial score (nSPS) is 18.6. The summed E-state index contributed by atoms with van der Waals surface area (Å²) < 4.78 is 33.8. The Morgan fingerprint density at radius 2 is 0.915 bits per heavy atom. The van der Waals surface area contributed by atoms with Gasteiger partial charge in [-0.2, -0.15) is 0 Å². The molecule has 0 aliphatic heterocycles. The van der Waals surface area contributed by atoms with Gasteiger partial charge in [0.1, 0.15) is 30.3 Å². The van der Waals surface area contributed by atoms with E-state index in [4.69, 9.17) is 40.9 Å². The lowest BCUT2D eigenvalue weighted by molar-refractivity contribution is -1.05. The van der Waals surface area contributed by atoms with Gasteiger partial charge in [0.25, 0.3) is 0 Å². The van der Waals surface area contributed by atoms with Gasteiger partial charge in [-0.15, -0.1) is 0 Å². The molecule has 7 unspecified atom stereocenters. The molecule has 71 heavy (non-hydrogen) atoms. The molecule has 0 rings (SSSR count). The molecule has 0 fully saturated rings. The van der Waals surface area contributed by atoms with Crippen molar-refractivity contribution < 1.29 is 42.6 Å². The Balaban J connectivity index is 7.32. The second kappa shape index (κ2) is 29.0. The molecule has 0 bridgehead atoms. The van der Waals surface area contributed by atoms with Gasteiger partial charge in [0, 0.05) is 50.4 Å². The Kier molecular flexibility index (Phi) is 28.6. The number of aliphatic carboxylic acids is 1. The summed E-state index contributed by atoms with van der Waals surface area (Å²) in [5, 5.41) is 9.42. The van der Waals surface area contributed by atoms with Crippen LogP contribution in [0.25, 0.3) is 0 Å². The number of likely N-dealkylation sites (N-methyl/N-ethyl adjacent to an activating group) is 2. The van der Waals surface area contributed by atoms with E-state index in [1.165, 1.54) is 64.2 Å². The Hall–Kier alpha value is -0.930. The molecule has 7 N–H and O–H groups in total. The van der Waals surface area contributed by atoms with Gasteiger partial charge in [-0.3, -0.25) is 4.79 Å². The molecule has 7 atom stereocenters. The minimum atomic E-state index is -0.986. The number of unbranched alkanes of at least 4 members (excludes halogenated alkanes) is 9. The average molecular weight is 1020 g/mol. The van der Waals surface area contributed by atoms with Crippen molar-refractivity contribution in [3.05, 3.63) is 0 Å². The van der Waals surface area contributed by atoms with E-state index in [1.807, 2.05) is 41.5 Å². The van der Waals surface area contributed by atoms with Crippen LogP contribution in [0.5, 0.6) is 0 Å². The number of carbonyl (C=O) groups is 1. The third-order valence-corrected chi connectivity index (χ3v) is 17.8. The molecular formula is C59H125N5O7+2. The smallest absolute Gasteiger partial charge is 0.306 e. The van der Waals surface area contributed by atoms with E-state index < -0.39 is 34.2 Å². The molecule has 0 spiro atoms. The first-order valence-electron chi connectivity index (χ1n) is 28.6. The molecule has 0 aromatic heterocycles. The van der Waals surface area contributed by atoms with Crippen LogP contribution in [0.4, 0.5) is 0 Å². The first-order valence-corrected chi connectivity index (χ1v) is 28.6. The highest BCUT2D eigenvalue weighted by Crippen LogP contribution is 2.45. The van der Waals surface area contributed by atoms with Crippen LogP contribution in [0.3, 0.4) is 0 Å². The van der Waals surface area contributed by atoms with Gasteiger partial charge in [-0.05, 0) is 143 Å². The summed E-state index contributed by atoms with van der Waals surface area (Å²) in [5.74, 6) is -0.877. The first-order chi connectivity index (χ1) is 32.1. The Morgan fingerprint density at radius 1 is 0.521 bits per heavy atom. The minimum Gasteiger partial charge on any atom is -0.481 e. The molecule has 0 aliphatic rings. The van der Waals surface area contributed by atoms with E-state index in [0.717, 1.165) is 67.4 Å². The Labute approximate surface area is 440 Å². The monoisotopic (exact) mass is 1020 g/mol. The van der Waals surface area contributed by atoms with Crippen molar-refractivity contribution in [1.82, 2.24) is 0 Å². The van der Waals surface area contributed by atoms with Gasteiger partial charge < -0.3 is 55.0 Å². The highest BCUT2D eigenvalue weighted by Gasteiger charge is 2.57. The zero-order valence-corrected chi connectivity index (χ0v) is 51.5. The van der Waals surface area contributed by atoms with Crippen LogP contribution < -0.4 is 17.2 Å². The van der Waals surface area contributed by atoms with Gasteiger partial charge in [-0.1, -0.05) is 86.0 Å². The Bertz CT molecular complexity index is 1490. The van der Waals surface area contributed by atoms with Gasteiger partial charge in [0.15, 0.2) is 0 Å². The lowest BCUT2D eigenvalue weighted by atomic mass is 9.78. The summed E-state index contributed by atoms with van der Waals surface area (Å²) in [5.41, 5.74) is 16.0. The highest BCUT2D eigenvalue weighted by molar-refractivity contribution is 5.67. The topological polar surface area (TPSA) is 162 Å².